The van der Waals surface area contributed by atoms with Crippen LogP contribution in [0.3, 0.4) is 0 Å². The average molecular weight is 287 g/mol. The van der Waals surface area contributed by atoms with Gasteiger partial charge in [-0.1, -0.05) is 30.1 Å². The van der Waals surface area contributed by atoms with Crippen LogP contribution in [0.5, 0.6) is 0 Å². The van der Waals surface area contributed by atoms with Crippen LogP contribution >= 0.6 is 23.2 Å². The predicted octanol–water partition coefficient (Wildman–Crippen LogP) is 3.74. The van der Waals surface area contributed by atoms with Crippen LogP contribution in [0.2, 0.25) is 10.0 Å². The lowest BCUT2D eigenvalue weighted by atomic mass is 10.0. The molecule has 1 aliphatic rings. The van der Waals surface area contributed by atoms with E-state index in [2.05, 4.69) is 24.1 Å². The molecule has 0 aliphatic carbocycles. The van der Waals surface area contributed by atoms with E-state index in [1.165, 1.54) is 0 Å². The minimum Gasteiger partial charge on any atom is -0.314 e. The average Bonchev–Trinajstić information content (AvgIpc) is 2.28. The summed E-state index contributed by atoms with van der Waals surface area (Å²) in [5.41, 5.74) is 1.13. The van der Waals surface area contributed by atoms with Crippen LogP contribution in [0.15, 0.2) is 18.2 Å². The number of hydrogen-bond donors (Lipinski definition) is 1. The Hall–Kier alpha value is -0.280. The maximum Gasteiger partial charge on any atom is 0.0454 e. The quantitative estimate of drug-likeness (QED) is 0.887. The topological polar surface area (TPSA) is 15.3 Å². The number of nitrogens with one attached hydrogen (secondary N) is 1. The van der Waals surface area contributed by atoms with Crippen LogP contribution in [0.1, 0.15) is 31.9 Å². The summed E-state index contributed by atoms with van der Waals surface area (Å²) in [6.07, 6.45) is 1.15. The Kier molecular flexibility index (Phi) is 4.91. The summed E-state index contributed by atoms with van der Waals surface area (Å²) in [5.74, 6) is 0. The largest absolute Gasteiger partial charge is 0.314 e. The molecule has 2 rings (SSSR count). The van der Waals surface area contributed by atoms with Gasteiger partial charge < -0.3 is 5.32 Å². The molecule has 1 unspecified atom stereocenters. The van der Waals surface area contributed by atoms with E-state index in [0.717, 1.165) is 41.7 Å². The first-order valence-electron chi connectivity index (χ1n) is 6.55. The molecule has 0 bridgehead atoms. The molecule has 18 heavy (non-hydrogen) atoms. The SMILES string of the molecule is CCCN(C1CNC1)C(C)c1cc(Cl)ccc1Cl. The molecule has 0 spiro atoms. The Morgan fingerprint density at radius 3 is 2.67 bits per heavy atom. The van der Waals surface area contributed by atoms with Gasteiger partial charge >= 0.3 is 0 Å². The Balaban J connectivity index is 2.20. The van der Waals surface area contributed by atoms with Crippen LogP contribution < -0.4 is 5.32 Å². The zero-order valence-electron chi connectivity index (χ0n) is 10.9. The second kappa shape index (κ2) is 6.25. The van der Waals surface area contributed by atoms with Gasteiger partial charge in [0.2, 0.25) is 0 Å². The lowest BCUT2D eigenvalue weighted by Gasteiger charge is -2.42. The summed E-state index contributed by atoms with van der Waals surface area (Å²) in [6, 6.07) is 6.65. The number of nitrogens with zero attached hydrogens (tertiary/aromatic N) is 1. The summed E-state index contributed by atoms with van der Waals surface area (Å²) in [7, 11) is 0. The van der Waals surface area contributed by atoms with Crippen molar-refractivity contribution in [3.8, 4) is 0 Å². The Bertz CT molecular complexity index is 405. The summed E-state index contributed by atoms with van der Waals surface area (Å²) in [6.45, 7) is 7.67. The molecule has 4 heteroatoms. The van der Waals surface area contributed by atoms with Gasteiger partial charge in [-0.3, -0.25) is 4.90 Å². The highest BCUT2D eigenvalue weighted by Gasteiger charge is 2.29. The fraction of sp³-hybridized carbons (Fsp3) is 0.571. The van der Waals surface area contributed by atoms with E-state index in [-0.39, 0.29) is 0 Å². The minimum atomic E-state index is 0.309. The lowest BCUT2D eigenvalue weighted by Crippen LogP contribution is -2.57. The second-order valence-corrected chi connectivity index (χ2v) is 5.74. The van der Waals surface area contributed by atoms with Crippen molar-refractivity contribution >= 4 is 23.2 Å². The maximum atomic E-state index is 6.30. The normalized spacial score (nSPS) is 17.8. The molecule has 0 amide bonds. The van der Waals surface area contributed by atoms with E-state index in [0.29, 0.717) is 12.1 Å². The molecular formula is C14H20Cl2N2. The van der Waals surface area contributed by atoms with Gasteiger partial charge in [-0.15, -0.1) is 0 Å². The second-order valence-electron chi connectivity index (χ2n) is 4.89. The van der Waals surface area contributed by atoms with Crippen molar-refractivity contribution in [1.82, 2.24) is 10.2 Å². The molecule has 1 aromatic carbocycles. The van der Waals surface area contributed by atoms with Crippen LogP contribution in [0, 0.1) is 0 Å². The fourth-order valence-electron chi connectivity index (χ4n) is 2.47. The lowest BCUT2D eigenvalue weighted by molar-refractivity contribution is 0.103. The van der Waals surface area contributed by atoms with E-state index in [4.69, 9.17) is 23.2 Å². The molecule has 100 valence electrons. The predicted molar refractivity (Wildman–Crippen MR) is 78.5 cm³/mol. The van der Waals surface area contributed by atoms with Crippen molar-refractivity contribution in [2.45, 2.75) is 32.4 Å². The Morgan fingerprint density at radius 2 is 2.11 bits per heavy atom. The molecule has 1 heterocycles. The van der Waals surface area contributed by atoms with Crippen LogP contribution in [-0.2, 0) is 0 Å². The molecule has 0 aromatic heterocycles. The third-order valence-electron chi connectivity index (χ3n) is 3.62. The number of rotatable bonds is 5. The van der Waals surface area contributed by atoms with Gasteiger partial charge in [0.1, 0.15) is 0 Å². The first-order chi connectivity index (χ1) is 8.63. The maximum absolute atomic E-state index is 6.30. The van der Waals surface area contributed by atoms with Gasteiger partial charge in [0, 0.05) is 35.2 Å². The van der Waals surface area contributed by atoms with E-state index in [1.807, 2.05) is 18.2 Å². The zero-order valence-corrected chi connectivity index (χ0v) is 12.4. The third kappa shape index (κ3) is 3.00. The molecule has 1 aromatic rings. The van der Waals surface area contributed by atoms with Crippen molar-refractivity contribution < 1.29 is 0 Å². The number of halogens is 2. The summed E-state index contributed by atoms with van der Waals surface area (Å²) in [5, 5.41) is 4.89. The smallest absolute Gasteiger partial charge is 0.0454 e. The first-order valence-corrected chi connectivity index (χ1v) is 7.30. The van der Waals surface area contributed by atoms with Gasteiger partial charge in [-0.2, -0.15) is 0 Å². The molecular weight excluding hydrogens is 267 g/mol. The van der Waals surface area contributed by atoms with Crippen LogP contribution in [0.4, 0.5) is 0 Å². The summed E-state index contributed by atoms with van der Waals surface area (Å²) < 4.78 is 0. The first kappa shape index (κ1) is 14.1. The molecule has 1 aliphatic heterocycles. The standard InChI is InChI=1S/C14H20Cl2N2/c1-3-6-18(12-8-17-9-12)10(2)13-7-11(15)4-5-14(13)16/h4-5,7,10,12,17H,3,6,8-9H2,1-2H3. The van der Waals surface area contributed by atoms with Gasteiger partial charge in [-0.25, -0.2) is 0 Å². The van der Waals surface area contributed by atoms with E-state index < -0.39 is 0 Å². The van der Waals surface area contributed by atoms with Gasteiger partial charge in [0.05, 0.1) is 0 Å². The molecule has 1 atom stereocenters. The molecule has 1 N–H and O–H groups in total. The van der Waals surface area contributed by atoms with Gasteiger partial charge in [0.15, 0.2) is 0 Å². The van der Waals surface area contributed by atoms with Crippen LogP contribution in [-0.4, -0.2) is 30.6 Å². The highest BCUT2D eigenvalue weighted by Crippen LogP contribution is 2.31. The van der Waals surface area contributed by atoms with E-state index in [1.54, 1.807) is 0 Å². The van der Waals surface area contributed by atoms with Crippen molar-refractivity contribution in [2.24, 2.45) is 0 Å². The third-order valence-corrected chi connectivity index (χ3v) is 4.20. The molecule has 2 nitrogen and oxygen atoms in total. The monoisotopic (exact) mass is 286 g/mol. The Labute approximate surface area is 119 Å². The van der Waals surface area contributed by atoms with E-state index >= 15 is 0 Å². The fourth-order valence-corrected chi connectivity index (χ4v) is 2.93. The highest BCUT2D eigenvalue weighted by atomic mass is 35.5. The zero-order chi connectivity index (χ0) is 13.1. The molecule has 0 radical (unpaired) electrons. The minimum absolute atomic E-state index is 0.309. The number of benzene rings is 1. The van der Waals surface area contributed by atoms with Crippen molar-refractivity contribution in [2.75, 3.05) is 19.6 Å². The molecule has 1 fully saturated rings. The van der Waals surface area contributed by atoms with Crippen molar-refractivity contribution in [1.29, 1.82) is 0 Å². The van der Waals surface area contributed by atoms with Gasteiger partial charge in [0.25, 0.3) is 0 Å². The van der Waals surface area contributed by atoms with E-state index in [9.17, 15) is 0 Å². The highest BCUT2D eigenvalue weighted by molar-refractivity contribution is 6.33. The Morgan fingerprint density at radius 1 is 1.39 bits per heavy atom. The summed E-state index contributed by atoms with van der Waals surface area (Å²) >= 11 is 12.4. The molecule has 1 saturated heterocycles. The summed E-state index contributed by atoms with van der Waals surface area (Å²) in [4.78, 5) is 2.52. The van der Waals surface area contributed by atoms with Crippen molar-refractivity contribution in [3.05, 3.63) is 33.8 Å². The molecule has 0 saturated carbocycles. The van der Waals surface area contributed by atoms with Crippen molar-refractivity contribution in [3.63, 3.8) is 0 Å². The van der Waals surface area contributed by atoms with Crippen LogP contribution in [0.25, 0.3) is 0 Å². The van der Waals surface area contributed by atoms with Gasteiger partial charge in [-0.05, 0) is 43.7 Å². The number of hydrogen-bond acceptors (Lipinski definition) is 2.